The monoisotopic (exact) mass is 181 g/mol. The van der Waals surface area contributed by atoms with E-state index in [4.69, 9.17) is 5.73 Å². The average molecular weight is 181 g/mol. The fraction of sp³-hybridized carbons (Fsp3) is 0.286. The number of carbonyl (C=O) groups is 1. The fourth-order valence-corrected chi connectivity index (χ4v) is 0.790. The second-order valence-electron chi connectivity index (χ2n) is 2.36. The first-order chi connectivity index (χ1) is 6.22. The summed E-state index contributed by atoms with van der Waals surface area (Å²) in [6, 6.07) is -0.681. The lowest BCUT2D eigenvalue weighted by molar-refractivity contribution is 0.249. The molecule has 2 amide bonds. The molecule has 1 rings (SSSR count). The van der Waals surface area contributed by atoms with Crippen molar-refractivity contribution in [2.75, 3.05) is 0 Å². The minimum Gasteiger partial charge on any atom is -0.350 e. The van der Waals surface area contributed by atoms with E-state index in [2.05, 4.69) is 15.6 Å². The van der Waals surface area contributed by atoms with E-state index >= 15 is 0 Å². The van der Waals surface area contributed by atoms with Gasteiger partial charge in [0.15, 0.2) is 0 Å². The van der Waals surface area contributed by atoms with Crippen molar-refractivity contribution in [3.8, 4) is 0 Å². The van der Waals surface area contributed by atoms with Crippen LogP contribution in [-0.2, 0) is 6.54 Å². The van der Waals surface area contributed by atoms with Crippen LogP contribution in [0.5, 0.6) is 0 Å². The summed E-state index contributed by atoms with van der Waals surface area (Å²) >= 11 is 0. The normalized spacial score (nSPS) is 10.5. The van der Waals surface area contributed by atoms with E-state index in [-0.39, 0.29) is 0 Å². The summed E-state index contributed by atoms with van der Waals surface area (Å²) in [4.78, 5) is 10.2. The van der Waals surface area contributed by atoms with Gasteiger partial charge in [0, 0.05) is 18.3 Å². The van der Waals surface area contributed by atoms with E-state index in [1.54, 1.807) is 10.9 Å². The lowest BCUT2D eigenvalue weighted by Gasteiger charge is -1.90. The van der Waals surface area contributed by atoms with E-state index in [0.29, 0.717) is 0 Å². The molecule has 6 nitrogen and oxygen atoms in total. The van der Waals surface area contributed by atoms with Crippen LogP contribution in [0.15, 0.2) is 17.5 Å². The number of aryl methyl sites for hydroxylation is 1. The van der Waals surface area contributed by atoms with Gasteiger partial charge < -0.3 is 5.73 Å². The molecule has 70 valence electrons. The van der Waals surface area contributed by atoms with Crippen LogP contribution in [0, 0.1) is 0 Å². The predicted molar refractivity (Wildman–Crippen MR) is 48.2 cm³/mol. The van der Waals surface area contributed by atoms with Gasteiger partial charge in [0.1, 0.15) is 0 Å². The van der Waals surface area contributed by atoms with Crippen LogP contribution in [0.25, 0.3) is 0 Å². The van der Waals surface area contributed by atoms with Gasteiger partial charge in [0.2, 0.25) is 0 Å². The summed E-state index contributed by atoms with van der Waals surface area (Å²) in [5.41, 5.74) is 7.71. The lowest BCUT2D eigenvalue weighted by atomic mass is 10.4. The summed E-state index contributed by atoms with van der Waals surface area (Å²) in [6.45, 7) is 2.78. The van der Waals surface area contributed by atoms with Gasteiger partial charge in [-0.2, -0.15) is 10.2 Å². The number of hydrogen-bond acceptors (Lipinski definition) is 3. The van der Waals surface area contributed by atoms with Gasteiger partial charge >= 0.3 is 6.03 Å². The number of primary amides is 1. The van der Waals surface area contributed by atoms with Gasteiger partial charge in [-0.15, -0.1) is 0 Å². The Morgan fingerprint density at radius 2 is 2.69 bits per heavy atom. The highest BCUT2D eigenvalue weighted by molar-refractivity contribution is 5.80. The molecule has 1 aromatic heterocycles. The second kappa shape index (κ2) is 4.24. The number of hydrogen-bond donors (Lipinski definition) is 2. The number of carbonyl (C=O) groups excluding carboxylic acids is 1. The molecule has 0 unspecified atom stereocenters. The van der Waals surface area contributed by atoms with Crippen molar-refractivity contribution >= 4 is 12.2 Å². The van der Waals surface area contributed by atoms with E-state index in [9.17, 15) is 4.79 Å². The molecule has 0 saturated heterocycles. The number of hydrazone groups is 1. The average Bonchev–Trinajstić information content (AvgIpc) is 2.52. The molecule has 0 aliphatic rings. The van der Waals surface area contributed by atoms with E-state index < -0.39 is 6.03 Å². The molecule has 3 N–H and O–H groups in total. The first-order valence-corrected chi connectivity index (χ1v) is 3.83. The van der Waals surface area contributed by atoms with Crippen molar-refractivity contribution in [1.82, 2.24) is 15.2 Å². The number of nitrogens with one attached hydrogen (secondary N) is 1. The largest absolute Gasteiger partial charge is 0.350 e. The Bertz CT molecular complexity index is 316. The smallest absolute Gasteiger partial charge is 0.332 e. The molecular formula is C7H11N5O. The van der Waals surface area contributed by atoms with Crippen molar-refractivity contribution in [2.24, 2.45) is 10.8 Å². The Balaban J connectivity index is 2.53. The molecule has 1 heterocycles. The van der Waals surface area contributed by atoms with E-state index in [1.807, 2.05) is 13.1 Å². The zero-order chi connectivity index (χ0) is 9.68. The van der Waals surface area contributed by atoms with Crippen LogP contribution in [0.3, 0.4) is 0 Å². The third-order valence-corrected chi connectivity index (χ3v) is 1.37. The van der Waals surface area contributed by atoms with Gasteiger partial charge in [0.25, 0.3) is 0 Å². The van der Waals surface area contributed by atoms with Crippen LogP contribution in [0.2, 0.25) is 0 Å². The highest BCUT2D eigenvalue weighted by atomic mass is 16.2. The Morgan fingerprint density at radius 3 is 3.23 bits per heavy atom. The quantitative estimate of drug-likeness (QED) is 0.504. The van der Waals surface area contributed by atoms with Crippen molar-refractivity contribution in [3.05, 3.63) is 18.0 Å². The Labute approximate surface area is 75.4 Å². The lowest BCUT2D eigenvalue weighted by Crippen LogP contribution is -2.24. The highest BCUT2D eigenvalue weighted by Crippen LogP contribution is 1.92. The van der Waals surface area contributed by atoms with Gasteiger partial charge in [-0.25, -0.2) is 10.2 Å². The number of urea groups is 1. The number of aromatic nitrogens is 2. The Hall–Kier alpha value is -1.85. The van der Waals surface area contributed by atoms with Crippen molar-refractivity contribution in [2.45, 2.75) is 13.5 Å². The zero-order valence-corrected chi connectivity index (χ0v) is 7.27. The third-order valence-electron chi connectivity index (χ3n) is 1.37. The van der Waals surface area contributed by atoms with Crippen LogP contribution >= 0.6 is 0 Å². The van der Waals surface area contributed by atoms with Crippen molar-refractivity contribution in [3.63, 3.8) is 0 Å². The van der Waals surface area contributed by atoms with Crippen LogP contribution in [0.1, 0.15) is 12.5 Å². The Morgan fingerprint density at radius 1 is 1.92 bits per heavy atom. The van der Waals surface area contributed by atoms with Crippen LogP contribution in [-0.4, -0.2) is 22.0 Å². The zero-order valence-electron chi connectivity index (χ0n) is 7.27. The molecule has 0 bridgehead atoms. The molecule has 0 fully saturated rings. The summed E-state index contributed by atoms with van der Waals surface area (Å²) in [5.74, 6) is 0. The first-order valence-electron chi connectivity index (χ1n) is 3.83. The van der Waals surface area contributed by atoms with E-state index in [0.717, 1.165) is 12.1 Å². The standard InChI is InChI=1S/C7H11N5O/c1-2-12-5-6(4-10-12)3-9-11-7(8)13/h3-5H,2H2,1H3,(H3,8,11,13)/b9-3+. The molecule has 0 aromatic carbocycles. The second-order valence-corrected chi connectivity index (χ2v) is 2.36. The topological polar surface area (TPSA) is 85.3 Å². The first kappa shape index (κ1) is 9.24. The molecule has 1 aromatic rings. The summed E-state index contributed by atoms with van der Waals surface area (Å²) in [5, 5.41) is 7.60. The number of rotatable bonds is 3. The Kier molecular flexibility index (Phi) is 3.02. The summed E-state index contributed by atoms with van der Waals surface area (Å²) in [6.07, 6.45) is 4.94. The van der Waals surface area contributed by atoms with Crippen molar-refractivity contribution in [1.29, 1.82) is 0 Å². The minimum atomic E-state index is -0.681. The number of amides is 2. The van der Waals surface area contributed by atoms with Crippen LogP contribution in [0.4, 0.5) is 4.79 Å². The molecule has 0 spiro atoms. The molecular weight excluding hydrogens is 170 g/mol. The summed E-state index contributed by atoms with van der Waals surface area (Å²) in [7, 11) is 0. The number of nitrogens with zero attached hydrogens (tertiary/aromatic N) is 3. The molecule has 0 saturated carbocycles. The van der Waals surface area contributed by atoms with E-state index in [1.165, 1.54) is 6.21 Å². The molecule has 0 aliphatic carbocycles. The minimum absolute atomic E-state index is 0.681. The predicted octanol–water partition coefficient (Wildman–Crippen LogP) is -0.0948. The van der Waals surface area contributed by atoms with Gasteiger partial charge in [-0.05, 0) is 6.92 Å². The maximum absolute atomic E-state index is 10.2. The van der Waals surface area contributed by atoms with Crippen LogP contribution < -0.4 is 11.2 Å². The maximum atomic E-state index is 10.2. The SMILES string of the molecule is CCn1cc(/C=N/NC(N)=O)cn1. The molecule has 0 atom stereocenters. The molecule has 6 heteroatoms. The summed E-state index contributed by atoms with van der Waals surface area (Å²) < 4.78 is 1.76. The van der Waals surface area contributed by atoms with Crippen molar-refractivity contribution < 1.29 is 4.79 Å². The third kappa shape index (κ3) is 2.94. The molecule has 0 radical (unpaired) electrons. The molecule has 13 heavy (non-hydrogen) atoms. The molecule has 0 aliphatic heterocycles. The fourth-order valence-electron chi connectivity index (χ4n) is 0.790. The maximum Gasteiger partial charge on any atom is 0.332 e. The van der Waals surface area contributed by atoms with Gasteiger partial charge in [0.05, 0.1) is 12.4 Å². The highest BCUT2D eigenvalue weighted by Gasteiger charge is 1.92. The number of nitrogens with two attached hydrogens (primary N) is 1. The van der Waals surface area contributed by atoms with Gasteiger partial charge in [-0.1, -0.05) is 0 Å². The van der Waals surface area contributed by atoms with Gasteiger partial charge in [-0.3, -0.25) is 4.68 Å².